The first kappa shape index (κ1) is 13.1. The average Bonchev–Trinajstić information content (AvgIpc) is 2.26. The lowest BCUT2D eigenvalue weighted by Gasteiger charge is -2.38. The number of carboxylic acids is 1. The molecule has 1 fully saturated rings. The maximum Gasteiger partial charge on any atom is 0.310 e. The molecule has 1 saturated heterocycles. The van der Waals surface area contributed by atoms with E-state index in [-0.39, 0.29) is 5.69 Å². The molecule has 1 aliphatic heterocycles. The van der Waals surface area contributed by atoms with Crippen LogP contribution in [0.3, 0.4) is 0 Å². The van der Waals surface area contributed by atoms with E-state index in [9.17, 15) is 14.9 Å². The molecule has 0 saturated carbocycles. The van der Waals surface area contributed by atoms with Crippen LogP contribution in [0.1, 0.15) is 6.92 Å². The first-order valence-electron chi connectivity index (χ1n) is 5.91. The van der Waals surface area contributed by atoms with Crippen LogP contribution in [0.2, 0.25) is 0 Å². The van der Waals surface area contributed by atoms with Gasteiger partial charge in [0.05, 0.1) is 23.5 Å². The summed E-state index contributed by atoms with van der Waals surface area (Å²) in [6, 6.07) is 4.48. The van der Waals surface area contributed by atoms with Crippen molar-refractivity contribution in [1.29, 1.82) is 0 Å². The molecule has 0 radical (unpaired) electrons. The van der Waals surface area contributed by atoms with Crippen LogP contribution in [0.4, 0.5) is 11.4 Å². The number of nitrogens with zero attached hydrogens (tertiary/aromatic N) is 2. The minimum atomic E-state index is -0.841. The zero-order valence-electron chi connectivity index (χ0n) is 10.4. The average molecular weight is 266 g/mol. The molecule has 1 heterocycles. The molecular formula is C12H14N2O5. The Labute approximate surface area is 109 Å². The molecule has 0 atom stereocenters. The zero-order chi connectivity index (χ0) is 14.0. The Balaban J connectivity index is 2.20. The van der Waals surface area contributed by atoms with Gasteiger partial charge in [0, 0.05) is 30.9 Å². The number of nitro groups is 1. The molecule has 0 bridgehead atoms. The Bertz CT molecular complexity index is 511. The summed E-state index contributed by atoms with van der Waals surface area (Å²) in [6.45, 7) is 2.94. The van der Waals surface area contributed by atoms with Crippen molar-refractivity contribution >= 4 is 17.3 Å². The molecule has 1 aromatic carbocycles. The number of aliphatic carboxylic acids is 1. The topological polar surface area (TPSA) is 92.9 Å². The fourth-order valence-corrected chi connectivity index (χ4v) is 1.95. The molecule has 0 spiro atoms. The van der Waals surface area contributed by atoms with Gasteiger partial charge in [0.2, 0.25) is 0 Å². The maximum absolute atomic E-state index is 10.8. The summed E-state index contributed by atoms with van der Waals surface area (Å²) in [5.74, 6) is -0.827. The van der Waals surface area contributed by atoms with Gasteiger partial charge in [-0.2, -0.15) is 0 Å². The highest BCUT2D eigenvalue weighted by Crippen LogP contribution is 2.32. The van der Waals surface area contributed by atoms with Gasteiger partial charge in [0.1, 0.15) is 5.75 Å². The number of ether oxygens (including phenoxy) is 1. The Morgan fingerprint density at radius 3 is 2.74 bits per heavy atom. The van der Waals surface area contributed by atoms with Crippen LogP contribution in [0.25, 0.3) is 0 Å². The number of rotatable bonds is 5. The number of hydrogen-bond acceptors (Lipinski definition) is 5. The third-order valence-electron chi connectivity index (χ3n) is 2.99. The third kappa shape index (κ3) is 2.75. The molecule has 0 aromatic heterocycles. The first-order chi connectivity index (χ1) is 9.01. The van der Waals surface area contributed by atoms with Crippen molar-refractivity contribution in [3.8, 4) is 5.75 Å². The maximum atomic E-state index is 10.8. The normalized spacial score (nSPS) is 14.9. The molecule has 102 valence electrons. The van der Waals surface area contributed by atoms with Gasteiger partial charge >= 0.3 is 5.97 Å². The van der Waals surface area contributed by atoms with Crippen LogP contribution >= 0.6 is 0 Å². The van der Waals surface area contributed by atoms with E-state index in [0.717, 1.165) is 0 Å². The monoisotopic (exact) mass is 266 g/mol. The van der Waals surface area contributed by atoms with Crippen molar-refractivity contribution in [2.24, 2.45) is 5.92 Å². The van der Waals surface area contributed by atoms with Gasteiger partial charge in [0.15, 0.2) is 0 Å². The van der Waals surface area contributed by atoms with E-state index in [1.54, 1.807) is 17.9 Å². The molecule has 0 amide bonds. The summed E-state index contributed by atoms with van der Waals surface area (Å²) in [5.41, 5.74) is 0.565. The summed E-state index contributed by atoms with van der Waals surface area (Å²) in [5, 5.41) is 19.7. The highest BCUT2D eigenvalue weighted by Gasteiger charge is 2.33. The van der Waals surface area contributed by atoms with Crippen LogP contribution < -0.4 is 9.64 Å². The van der Waals surface area contributed by atoms with E-state index in [4.69, 9.17) is 9.84 Å². The van der Waals surface area contributed by atoms with Gasteiger partial charge in [-0.25, -0.2) is 0 Å². The first-order valence-corrected chi connectivity index (χ1v) is 5.91. The predicted molar refractivity (Wildman–Crippen MR) is 67.6 cm³/mol. The minimum Gasteiger partial charge on any atom is -0.494 e. The number of carboxylic acid groups (broad SMARTS) is 1. The molecule has 19 heavy (non-hydrogen) atoms. The highest BCUT2D eigenvalue weighted by molar-refractivity contribution is 5.75. The van der Waals surface area contributed by atoms with E-state index in [1.165, 1.54) is 12.1 Å². The summed E-state index contributed by atoms with van der Waals surface area (Å²) < 4.78 is 5.28. The fraction of sp³-hybridized carbons (Fsp3) is 0.417. The van der Waals surface area contributed by atoms with E-state index in [0.29, 0.717) is 31.1 Å². The van der Waals surface area contributed by atoms with Crippen molar-refractivity contribution in [3.63, 3.8) is 0 Å². The standard InChI is InChI=1S/C12H14N2O5/c1-2-19-11-4-9(3-10(5-11)14(17)18)13-6-8(7-13)12(15)16/h3-5,8H,2,6-7H2,1H3,(H,15,16). The van der Waals surface area contributed by atoms with Gasteiger partial charge in [-0.05, 0) is 6.92 Å². The molecule has 2 rings (SSSR count). The summed E-state index contributed by atoms with van der Waals surface area (Å²) in [6.07, 6.45) is 0. The quantitative estimate of drug-likeness (QED) is 0.641. The second-order valence-electron chi connectivity index (χ2n) is 4.32. The van der Waals surface area contributed by atoms with Crippen molar-refractivity contribution < 1.29 is 19.6 Å². The lowest BCUT2D eigenvalue weighted by atomic mass is 9.99. The molecule has 7 nitrogen and oxygen atoms in total. The molecule has 1 aliphatic rings. The van der Waals surface area contributed by atoms with Crippen molar-refractivity contribution in [3.05, 3.63) is 28.3 Å². The molecule has 7 heteroatoms. The summed E-state index contributed by atoms with van der Waals surface area (Å²) in [4.78, 5) is 22.9. The predicted octanol–water partition coefficient (Wildman–Crippen LogP) is 1.51. The van der Waals surface area contributed by atoms with Gasteiger partial charge in [-0.3, -0.25) is 14.9 Å². The van der Waals surface area contributed by atoms with Crippen LogP contribution in [0.5, 0.6) is 5.75 Å². The van der Waals surface area contributed by atoms with Crippen LogP contribution in [-0.2, 0) is 4.79 Å². The number of carbonyl (C=O) groups is 1. The molecular weight excluding hydrogens is 252 g/mol. The minimum absolute atomic E-state index is 0.0558. The SMILES string of the molecule is CCOc1cc(N2CC(C(=O)O)C2)cc([N+](=O)[O-])c1. The van der Waals surface area contributed by atoms with Crippen molar-refractivity contribution in [1.82, 2.24) is 0 Å². The molecule has 1 aromatic rings. The molecule has 0 aliphatic carbocycles. The number of nitro benzene ring substituents is 1. The largest absolute Gasteiger partial charge is 0.494 e. The second-order valence-corrected chi connectivity index (χ2v) is 4.32. The van der Waals surface area contributed by atoms with Crippen LogP contribution in [0.15, 0.2) is 18.2 Å². The number of anilines is 1. The van der Waals surface area contributed by atoms with Gasteiger partial charge in [-0.1, -0.05) is 0 Å². The smallest absolute Gasteiger partial charge is 0.310 e. The Hall–Kier alpha value is -2.31. The Kier molecular flexibility index (Phi) is 3.55. The van der Waals surface area contributed by atoms with Gasteiger partial charge in [0.25, 0.3) is 5.69 Å². The highest BCUT2D eigenvalue weighted by atomic mass is 16.6. The van der Waals surface area contributed by atoms with E-state index in [1.807, 2.05) is 0 Å². The lowest BCUT2D eigenvalue weighted by molar-refractivity contribution is -0.384. The fourth-order valence-electron chi connectivity index (χ4n) is 1.95. The lowest BCUT2D eigenvalue weighted by Crippen LogP contribution is -2.50. The Morgan fingerprint density at radius 2 is 2.21 bits per heavy atom. The van der Waals surface area contributed by atoms with Crippen molar-refractivity contribution in [2.45, 2.75) is 6.92 Å². The summed E-state index contributed by atoms with van der Waals surface area (Å²) in [7, 11) is 0. The van der Waals surface area contributed by atoms with Crippen LogP contribution in [0, 0.1) is 16.0 Å². The van der Waals surface area contributed by atoms with E-state index in [2.05, 4.69) is 0 Å². The number of benzene rings is 1. The summed E-state index contributed by atoms with van der Waals surface area (Å²) >= 11 is 0. The van der Waals surface area contributed by atoms with Crippen molar-refractivity contribution in [2.75, 3.05) is 24.6 Å². The number of hydrogen-bond donors (Lipinski definition) is 1. The van der Waals surface area contributed by atoms with E-state index < -0.39 is 16.8 Å². The molecule has 0 unspecified atom stereocenters. The Morgan fingerprint density at radius 1 is 1.53 bits per heavy atom. The second kappa shape index (κ2) is 5.13. The third-order valence-corrected chi connectivity index (χ3v) is 2.99. The van der Waals surface area contributed by atoms with E-state index >= 15 is 0 Å². The van der Waals surface area contributed by atoms with Crippen LogP contribution in [-0.4, -0.2) is 35.7 Å². The van der Waals surface area contributed by atoms with Gasteiger partial charge in [-0.15, -0.1) is 0 Å². The zero-order valence-corrected chi connectivity index (χ0v) is 10.4. The molecule has 1 N–H and O–H groups in total. The number of non-ortho nitro benzene ring substituents is 1. The van der Waals surface area contributed by atoms with Gasteiger partial charge < -0.3 is 14.7 Å².